The number of pyridine rings is 1. The minimum Gasteiger partial charge on any atom is -0.353 e. The number of likely N-dealkylation sites (N-methyl/N-ethyl adjacent to an activating group) is 1. The summed E-state index contributed by atoms with van der Waals surface area (Å²) in [7, 11) is 5.94. The lowest BCUT2D eigenvalue weighted by Gasteiger charge is -2.24. The largest absolute Gasteiger partial charge is 0.353 e. The van der Waals surface area contributed by atoms with Gasteiger partial charge >= 0.3 is 0 Å². The summed E-state index contributed by atoms with van der Waals surface area (Å²) in [5.74, 6) is 0.608. The van der Waals surface area contributed by atoms with Crippen molar-refractivity contribution in [2.45, 2.75) is 19.0 Å². The summed E-state index contributed by atoms with van der Waals surface area (Å²) in [6.45, 7) is 5.51. The van der Waals surface area contributed by atoms with Crippen molar-refractivity contribution < 1.29 is 4.39 Å². The summed E-state index contributed by atoms with van der Waals surface area (Å²) in [6.07, 6.45) is 3.00. The van der Waals surface area contributed by atoms with E-state index >= 15 is 4.39 Å². The first-order valence-electron chi connectivity index (χ1n) is 11.5. The van der Waals surface area contributed by atoms with E-state index in [0.717, 1.165) is 42.0 Å². The monoisotopic (exact) mass is 470 g/mol. The maximum atomic E-state index is 15.3. The van der Waals surface area contributed by atoms with Crippen LogP contribution in [0, 0.1) is 17.1 Å². The van der Waals surface area contributed by atoms with Gasteiger partial charge in [0.25, 0.3) is 0 Å². The quantitative estimate of drug-likeness (QED) is 0.431. The molecular formula is C26H27FN8. The molecule has 2 aromatic heterocycles. The van der Waals surface area contributed by atoms with Crippen molar-refractivity contribution in [1.29, 1.82) is 5.26 Å². The van der Waals surface area contributed by atoms with Gasteiger partial charge < -0.3 is 19.3 Å². The highest BCUT2D eigenvalue weighted by molar-refractivity contribution is 6.10. The van der Waals surface area contributed by atoms with E-state index in [0.29, 0.717) is 35.5 Å². The van der Waals surface area contributed by atoms with Crippen molar-refractivity contribution in [3.8, 4) is 17.2 Å². The number of fused-ring (bicyclic) bond motifs is 2. The zero-order valence-electron chi connectivity index (χ0n) is 20.1. The molecule has 8 nitrogen and oxygen atoms in total. The molecule has 0 radical (unpaired) electrons. The number of nitriles is 1. The number of halogens is 1. The number of anilines is 2. The molecule has 0 bridgehead atoms. The molecule has 1 aromatic carbocycles. The van der Waals surface area contributed by atoms with Gasteiger partial charge in [-0.15, -0.1) is 5.10 Å². The molecule has 3 aromatic rings. The summed E-state index contributed by atoms with van der Waals surface area (Å²) < 4.78 is 17.4. The Hall–Kier alpha value is -4.03. The van der Waals surface area contributed by atoms with Gasteiger partial charge in [-0.25, -0.2) is 9.37 Å². The molecule has 0 unspecified atom stereocenters. The van der Waals surface area contributed by atoms with Crippen LogP contribution in [0.3, 0.4) is 0 Å². The predicted octanol–water partition coefficient (Wildman–Crippen LogP) is 3.56. The smallest absolute Gasteiger partial charge is 0.179 e. The van der Waals surface area contributed by atoms with Crippen LogP contribution in [0.5, 0.6) is 0 Å². The molecule has 0 saturated carbocycles. The zero-order chi connectivity index (χ0) is 24.7. The number of amidine groups is 1. The lowest BCUT2D eigenvalue weighted by atomic mass is 10.1. The highest BCUT2D eigenvalue weighted by atomic mass is 19.1. The Labute approximate surface area is 204 Å². The zero-order valence-corrected chi connectivity index (χ0v) is 20.1. The average molecular weight is 471 g/mol. The molecule has 5 rings (SSSR count). The van der Waals surface area contributed by atoms with Crippen LogP contribution in [-0.4, -0.2) is 67.3 Å². The number of hydrogen-bond donors (Lipinski definition) is 0. The van der Waals surface area contributed by atoms with Gasteiger partial charge in [0.1, 0.15) is 0 Å². The standard InChI is InChI=1S/C26H27FN8/c1-29-31-26-24-11-19(18-7-5-17(13-28)6-8-18)14-35(24)16-22-23(33(26)4)12-21(27)25(30-22)34-10-9-20(15-34)32(2)3/h5-8,11-12,14,20H,1,9-10,15-16H2,2-4H3/b31-26-/t20-/m0/s1. The normalized spacial score (nSPS) is 18.4. The Balaban J connectivity index is 1.57. The molecule has 2 aliphatic rings. The third-order valence-electron chi connectivity index (χ3n) is 6.84. The highest BCUT2D eigenvalue weighted by Crippen LogP contribution is 2.34. The molecule has 4 heterocycles. The van der Waals surface area contributed by atoms with Gasteiger partial charge in [-0.05, 0) is 44.3 Å². The minimum absolute atomic E-state index is 0.342. The van der Waals surface area contributed by atoms with Crippen LogP contribution in [0.15, 0.2) is 52.8 Å². The van der Waals surface area contributed by atoms with E-state index in [-0.39, 0.29) is 5.82 Å². The molecule has 0 aliphatic carbocycles. The second-order valence-corrected chi connectivity index (χ2v) is 9.17. The van der Waals surface area contributed by atoms with Crippen LogP contribution in [-0.2, 0) is 6.54 Å². The topological polar surface area (TPSA) is 76.0 Å². The molecule has 2 aliphatic heterocycles. The fourth-order valence-electron chi connectivity index (χ4n) is 4.85. The number of nitrogens with zero attached hydrogens (tertiary/aromatic N) is 8. The summed E-state index contributed by atoms with van der Waals surface area (Å²) >= 11 is 0. The lowest BCUT2D eigenvalue weighted by molar-refractivity contribution is 0.315. The van der Waals surface area contributed by atoms with Crippen molar-refractivity contribution in [2.75, 3.05) is 44.0 Å². The maximum Gasteiger partial charge on any atom is 0.179 e. The van der Waals surface area contributed by atoms with Gasteiger partial charge in [0.2, 0.25) is 0 Å². The van der Waals surface area contributed by atoms with Crippen molar-refractivity contribution in [1.82, 2.24) is 14.5 Å². The minimum atomic E-state index is -0.342. The maximum absolute atomic E-state index is 15.3. The second-order valence-electron chi connectivity index (χ2n) is 9.17. The Morgan fingerprint density at radius 3 is 2.63 bits per heavy atom. The van der Waals surface area contributed by atoms with E-state index in [9.17, 15) is 0 Å². The van der Waals surface area contributed by atoms with Crippen LogP contribution in [0.2, 0.25) is 0 Å². The van der Waals surface area contributed by atoms with Crippen molar-refractivity contribution in [2.24, 2.45) is 10.2 Å². The van der Waals surface area contributed by atoms with Crippen LogP contribution < -0.4 is 9.80 Å². The molecule has 1 saturated heterocycles. The highest BCUT2D eigenvalue weighted by Gasteiger charge is 2.31. The van der Waals surface area contributed by atoms with Gasteiger partial charge in [-0.2, -0.15) is 10.4 Å². The summed E-state index contributed by atoms with van der Waals surface area (Å²) in [5, 5.41) is 17.2. The van der Waals surface area contributed by atoms with Gasteiger partial charge in [-0.3, -0.25) is 0 Å². The van der Waals surface area contributed by atoms with E-state index < -0.39 is 0 Å². The van der Waals surface area contributed by atoms with Crippen molar-refractivity contribution in [3.05, 3.63) is 65.4 Å². The fourth-order valence-corrected chi connectivity index (χ4v) is 4.85. The average Bonchev–Trinajstić information content (AvgIpc) is 3.49. The van der Waals surface area contributed by atoms with Gasteiger partial charge in [0.15, 0.2) is 17.5 Å². The van der Waals surface area contributed by atoms with Crippen LogP contribution in [0.1, 0.15) is 23.4 Å². The van der Waals surface area contributed by atoms with E-state index in [1.54, 1.807) is 18.2 Å². The van der Waals surface area contributed by atoms with Gasteiger partial charge in [-0.1, -0.05) is 12.1 Å². The van der Waals surface area contributed by atoms with E-state index in [1.165, 1.54) is 0 Å². The van der Waals surface area contributed by atoms with Gasteiger partial charge in [0.05, 0.1) is 35.3 Å². The Morgan fingerprint density at radius 1 is 1.20 bits per heavy atom. The number of rotatable bonds is 4. The SMILES string of the molecule is C=N/N=C1/c2cc(-c3ccc(C#N)cc3)cn2Cc2nc(N3CC[C@H](N(C)C)C3)c(F)cc2N1C. The molecule has 1 fully saturated rings. The second kappa shape index (κ2) is 8.96. The molecule has 1 atom stereocenters. The third-order valence-corrected chi connectivity index (χ3v) is 6.84. The van der Waals surface area contributed by atoms with E-state index in [4.69, 9.17) is 10.2 Å². The number of aromatic nitrogens is 2. The van der Waals surface area contributed by atoms with Crippen LogP contribution in [0.25, 0.3) is 11.1 Å². The lowest BCUT2D eigenvalue weighted by Crippen LogP contribution is -2.32. The number of hydrogen-bond acceptors (Lipinski definition) is 6. The van der Waals surface area contributed by atoms with Crippen LogP contribution in [0.4, 0.5) is 15.9 Å². The molecule has 0 amide bonds. The summed E-state index contributed by atoms with van der Waals surface area (Å²) in [4.78, 5) is 10.9. The Morgan fingerprint density at radius 2 is 1.97 bits per heavy atom. The van der Waals surface area contributed by atoms with Crippen LogP contribution >= 0.6 is 0 Å². The summed E-state index contributed by atoms with van der Waals surface area (Å²) in [5.41, 5.74) is 4.81. The first kappa shape index (κ1) is 22.7. The number of benzene rings is 1. The molecule has 0 spiro atoms. The van der Waals surface area contributed by atoms with Crippen molar-refractivity contribution >= 4 is 24.1 Å². The molecular weight excluding hydrogens is 443 g/mol. The van der Waals surface area contributed by atoms with Gasteiger partial charge in [0, 0.05) is 50.7 Å². The first-order valence-corrected chi connectivity index (χ1v) is 11.5. The Bertz CT molecular complexity index is 1350. The first-order chi connectivity index (χ1) is 16.9. The molecule has 9 heteroatoms. The molecule has 178 valence electrons. The Kier molecular flexibility index (Phi) is 5.83. The molecule has 0 N–H and O–H groups in total. The van der Waals surface area contributed by atoms with Crippen molar-refractivity contribution in [3.63, 3.8) is 0 Å². The molecule has 35 heavy (non-hydrogen) atoms. The summed E-state index contributed by atoms with van der Waals surface area (Å²) in [6, 6.07) is 13.5. The fraction of sp³-hybridized carbons (Fsp3) is 0.308. The van der Waals surface area contributed by atoms with E-state index in [1.807, 2.05) is 41.2 Å². The van der Waals surface area contributed by atoms with E-state index in [2.05, 4.69) is 46.6 Å². The third kappa shape index (κ3) is 4.06. The predicted molar refractivity (Wildman–Crippen MR) is 137 cm³/mol.